The molecule has 0 radical (unpaired) electrons. The molecule has 0 saturated carbocycles. The van der Waals surface area contributed by atoms with Crippen LogP contribution >= 0.6 is 0 Å². The molecule has 0 fully saturated rings. The Labute approximate surface area is 128 Å². The number of nitrogens with zero attached hydrogens (tertiary/aromatic N) is 4. The minimum absolute atomic E-state index is 0.570. The molecule has 0 spiro atoms. The number of hydrogen-bond donors (Lipinski definition) is 2. The normalized spacial score (nSPS) is 11.3. The van der Waals surface area contributed by atoms with E-state index in [1.165, 1.54) is 0 Å². The van der Waals surface area contributed by atoms with Crippen molar-refractivity contribution in [2.45, 2.75) is 34.1 Å². The van der Waals surface area contributed by atoms with Crippen molar-refractivity contribution < 1.29 is 0 Å². The first-order valence-corrected chi connectivity index (χ1v) is 7.62. The number of likely N-dealkylation sites (N-methyl/N-ethyl adjacent to an activating group) is 1. The summed E-state index contributed by atoms with van der Waals surface area (Å²) in [5, 5.41) is 0. The van der Waals surface area contributed by atoms with E-state index in [1.54, 1.807) is 0 Å². The summed E-state index contributed by atoms with van der Waals surface area (Å²) in [6, 6.07) is 0. The molecule has 0 saturated heterocycles. The van der Waals surface area contributed by atoms with Crippen molar-refractivity contribution in [3.05, 3.63) is 11.4 Å². The van der Waals surface area contributed by atoms with Crippen LogP contribution in [-0.4, -0.2) is 48.6 Å². The number of nitrogens with two attached hydrogens (primary N) is 1. The fourth-order valence-corrected chi connectivity index (χ4v) is 2.20. The Balaban J connectivity index is 3.14. The van der Waals surface area contributed by atoms with Crippen molar-refractivity contribution in [3.8, 4) is 0 Å². The number of aryl methyl sites for hydroxylation is 1. The molecule has 0 aromatic carbocycles. The van der Waals surface area contributed by atoms with Gasteiger partial charge >= 0.3 is 0 Å². The summed E-state index contributed by atoms with van der Waals surface area (Å²) in [6.07, 6.45) is 0.797. The van der Waals surface area contributed by atoms with Gasteiger partial charge in [-0.25, -0.2) is 15.8 Å². The van der Waals surface area contributed by atoms with E-state index in [0.717, 1.165) is 49.1 Å². The van der Waals surface area contributed by atoms with Crippen molar-refractivity contribution in [2.24, 2.45) is 11.8 Å². The maximum absolute atomic E-state index is 5.60. The molecule has 6 nitrogen and oxygen atoms in total. The fourth-order valence-electron chi connectivity index (χ4n) is 2.20. The Hall–Kier alpha value is -1.40. The molecule has 1 rings (SSSR count). The van der Waals surface area contributed by atoms with Gasteiger partial charge in [-0.05, 0) is 26.9 Å². The van der Waals surface area contributed by atoms with E-state index in [0.29, 0.717) is 5.92 Å². The van der Waals surface area contributed by atoms with E-state index in [-0.39, 0.29) is 0 Å². The number of anilines is 2. The van der Waals surface area contributed by atoms with Crippen LogP contribution in [-0.2, 0) is 6.42 Å². The molecular weight excluding hydrogens is 264 g/mol. The zero-order valence-electron chi connectivity index (χ0n) is 14.3. The first-order chi connectivity index (χ1) is 9.88. The van der Waals surface area contributed by atoms with Crippen LogP contribution in [0.15, 0.2) is 0 Å². The number of aromatic nitrogens is 2. The molecule has 0 bridgehead atoms. The first kappa shape index (κ1) is 17.7. The predicted octanol–water partition coefficient (Wildman–Crippen LogP) is 1.66. The highest BCUT2D eigenvalue weighted by molar-refractivity contribution is 5.58. The maximum atomic E-state index is 5.60. The minimum Gasteiger partial charge on any atom is -0.355 e. The second kappa shape index (κ2) is 8.14. The van der Waals surface area contributed by atoms with Crippen molar-refractivity contribution in [2.75, 3.05) is 44.1 Å². The lowest BCUT2D eigenvalue weighted by Crippen LogP contribution is -2.36. The summed E-state index contributed by atoms with van der Waals surface area (Å²) in [4.78, 5) is 13.7. The van der Waals surface area contributed by atoms with Gasteiger partial charge in [0.2, 0.25) is 0 Å². The summed E-state index contributed by atoms with van der Waals surface area (Å²) in [5.41, 5.74) is 3.70. The Kier molecular flexibility index (Phi) is 6.84. The van der Waals surface area contributed by atoms with Gasteiger partial charge in [-0.15, -0.1) is 0 Å². The Morgan fingerprint density at radius 1 is 1.19 bits per heavy atom. The van der Waals surface area contributed by atoms with E-state index in [2.05, 4.69) is 55.1 Å². The molecule has 1 heterocycles. The van der Waals surface area contributed by atoms with Gasteiger partial charge in [0.25, 0.3) is 0 Å². The van der Waals surface area contributed by atoms with Crippen LogP contribution in [0.2, 0.25) is 0 Å². The maximum Gasteiger partial charge on any atom is 0.148 e. The largest absolute Gasteiger partial charge is 0.355 e. The number of nitrogens with one attached hydrogen (secondary N) is 1. The summed E-state index contributed by atoms with van der Waals surface area (Å²) in [5.74, 6) is 8.70. The second-order valence-electron chi connectivity index (χ2n) is 6.08. The zero-order chi connectivity index (χ0) is 16.0. The van der Waals surface area contributed by atoms with Crippen molar-refractivity contribution >= 4 is 11.6 Å². The van der Waals surface area contributed by atoms with Crippen LogP contribution in [0.25, 0.3) is 0 Å². The summed E-state index contributed by atoms with van der Waals surface area (Å²) in [7, 11) is 4.18. The van der Waals surface area contributed by atoms with Gasteiger partial charge in [0.1, 0.15) is 17.5 Å². The fraction of sp³-hybridized carbons (Fsp3) is 0.733. The molecule has 0 atom stereocenters. The first-order valence-electron chi connectivity index (χ1n) is 7.62. The number of rotatable bonds is 8. The molecule has 0 amide bonds. The molecule has 6 heteroatoms. The van der Waals surface area contributed by atoms with Crippen LogP contribution in [0.5, 0.6) is 0 Å². The van der Waals surface area contributed by atoms with Crippen molar-refractivity contribution in [1.29, 1.82) is 0 Å². The monoisotopic (exact) mass is 294 g/mol. The van der Waals surface area contributed by atoms with E-state index in [9.17, 15) is 0 Å². The average Bonchev–Trinajstić information content (AvgIpc) is 2.43. The number of nitrogen functional groups attached to an aromatic ring is 1. The molecule has 0 aliphatic rings. The van der Waals surface area contributed by atoms with E-state index < -0.39 is 0 Å². The zero-order valence-corrected chi connectivity index (χ0v) is 14.3. The highest BCUT2D eigenvalue weighted by Crippen LogP contribution is 2.24. The van der Waals surface area contributed by atoms with Gasteiger partial charge in [0, 0.05) is 31.6 Å². The highest BCUT2D eigenvalue weighted by Gasteiger charge is 2.17. The van der Waals surface area contributed by atoms with Crippen LogP contribution in [0, 0.1) is 12.8 Å². The Morgan fingerprint density at radius 2 is 1.86 bits per heavy atom. The quantitative estimate of drug-likeness (QED) is 0.561. The van der Waals surface area contributed by atoms with Crippen LogP contribution in [0.1, 0.15) is 32.2 Å². The van der Waals surface area contributed by atoms with Gasteiger partial charge in [-0.1, -0.05) is 20.8 Å². The van der Waals surface area contributed by atoms with Crippen LogP contribution < -0.4 is 16.2 Å². The molecule has 0 aliphatic heterocycles. The molecule has 0 unspecified atom stereocenters. The van der Waals surface area contributed by atoms with Crippen LogP contribution in [0.4, 0.5) is 11.6 Å². The van der Waals surface area contributed by atoms with Crippen molar-refractivity contribution in [1.82, 2.24) is 14.9 Å². The second-order valence-corrected chi connectivity index (χ2v) is 6.08. The van der Waals surface area contributed by atoms with Gasteiger partial charge in [0.05, 0.1) is 0 Å². The smallest absolute Gasteiger partial charge is 0.148 e. The molecular formula is C15H30N6. The highest BCUT2D eigenvalue weighted by atomic mass is 15.3. The Morgan fingerprint density at radius 3 is 2.33 bits per heavy atom. The van der Waals surface area contributed by atoms with Crippen molar-refractivity contribution in [3.63, 3.8) is 0 Å². The lowest BCUT2D eigenvalue weighted by atomic mass is 10.2. The predicted molar refractivity (Wildman–Crippen MR) is 89.6 cm³/mol. The lowest BCUT2D eigenvalue weighted by Gasteiger charge is -2.29. The third-order valence-corrected chi connectivity index (χ3v) is 3.32. The van der Waals surface area contributed by atoms with Gasteiger partial charge in [0.15, 0.2) is 0 Å². The standard InChI is InChI=1S/C15H30N6/c1-7-13-17-14(19-16)12(4)15(18-13)21(10-11(2)3)9-8-20(5)6/h11H,7-10,16H2,1-6H3,(H,17,18,19). The van der Waals surface area contributed by atoms with Gasteiger partial charge in [-0.2, -0.15) is 0 Å². The molecule has 1 aromatic heterocycles. The third-order valence-electron chi connectivity index (χ3n) is 3.32. The van der Waals surface area contributed by atoms with E-state index >= 15 is 0 Å². The summed E-state index contributed by atoms with van der Waals surface area (Å²) in [6.45, 7) is 11.4. The van der Waals surface area contributed by atoms with E-state index in [4.69, 9.17) is 10.8 Å². The summed E-state index contributed by atoms with van der Waals surface area (Å²) < 4.78 is 0. The number of hydrazine groups is 1. The van der Waals surface area contributed by atoms with Gasteiger partial charge in [-0.3, -0.25) is 0 Å². The SMILES string of the molecule is CCc1nc(NN)c(C)c(N(CCN(C)C)CC(C)C)n1. The lowest BCUT2D eigenvalue weighted by molar-refractivity contribution is 0.408. The third kappa shape index (κ3) is 5.13. The van der Waals surface area contributed by atoms with E-state index in [1.807, 2.05) is 6.92 Å². The molecule has 1 aromatic rings. The van der Waals surface area contributed by atoms with Crippen LogP contribution in [0.3, 0.4) is 0 Å². The number of hydrogen-bond acceptors (Lipinski definition) is 6. The Bertz CT molecular complexity index is 444. The minimum atomic E-state index is 0.570. The topological polar surface area (TPSA) is 70.3 Å². The average molecular weight is 294 g/mol. The molecule has 120 valence electrons. The summed E-state index contributed by atoms with van der Waals surface area (Å²) >= 11 is 0. The van der Waals surface area contributed by atoms with Gasteiger partial charge < -0.3 is 15.2 Å². The molecule has 0 aliphatic carbocycles. The molecule has 3 N–H and O–H groups in total. The molecule has 21 heavy (non-hydrogen) atoms.